The molecule has 1 amide bonds. The van der Waals surface area contributed by atoms with Crippen LogP contribution in [0.2, 0.25) is 0 Å². The molecule has 7 heteroatoms. The summed E-state index contributed by atoms with van der Waals surface area (Å²) in [5, 5.41) is 2.26. The summed E-state index contributed by atoms with van der Waals surface area (Å²) in [6.07, 6.45) is -0.808. The van der Waals surface area contributed by atoms with Crippen LogP contribution < -0.4 is 11.1 Å². The third-order valence-corrected chi connectivity index (χ3v) is 2.22. The van der Waals surface area contributed by atoms with Crippen LogP contribution in [0.3, 0.4) is 0 Å². The number of halogens is 3. The van der Waals surface area contributed by atoms with E-state index in [0.717, 1.165) is 0 Å². The minimum Gasteiger partial charge on any atom is -0.450 e. The average Bonchev–Trinajstić information content (AvgIpc) is 2.31. The minimum atomic E-state index is -1.30. The van der Waals surface area contributed by atoms with Crippen LogP contribution in [0.4, 0.5) is 18.0 Å². The molecule has 0 aliphatic heterocycles. The van der Waals surface area contributed by atoms with Gasteiger partial charge in [-0.2, -0.15) is 0 Å². The van der Waals surface area contributed by atoms with E-state index in [2.05, 4.69) is 10.1 Å². The molecular weight excluding hydrogens is 249 g/mol. The topological polar surface area (TPSA) is 64.3 Å². The molecule has 0 saturated heterocycles. The lowest BCUT2D eigenvalue weighted by Crippen LogP contribution is -2.34. The van der Waals surface area contributed by atoms with E-state index in [4.69, 9.17) is 5.73 Å². The Morgan fingerprint density at radius 1 is 1.33 bits per heavy atom. The summed E-state index contributed by atoms with van der Waals surface area (Å²) in [6.45, 7) is 1.54. The molecule has 1 atom stereocenters. The van der Waals surface area contributed by atoms with Crippen LogP contribution >= 0.6 is 0 Å². The lowest BCUT2D eigenvalue weighted by Gasteiger charge is -2.17. The number of carbonyl (C=O) groups is 1. The molecule has 0 aliphatic carbocycles. The quantitative estimate of drug-likeness (QED) is 0.814. The second-order valence-electron chi connectivity index (χ2n) is 3.44. The van der Waals surface area contributed by atoms with E-state index in [1.807, 2.05) is 0 Å². The van der Waals surface area contributed by atoms with E-state index >= 15 is 0 Å². The van der Waals surface area contributed by atoms with Crippen molar-refractivity contribution < 1.29 is 22.7 Å². The van der Waals surface area contributed by atoms with Gasteiger partial charge in [0, 0.05) is 18.2 Å². The number of nitrogens with two attached hydrogens (primary N) is 1. The van der Waals surface area contributed by atoms with Crippen molar-refractivity contribution in [1.29, 1.82) is 0 Å². The number of carbonyl (C=O) groups excluding carboxylic acids is 1. The highest BCUT2D eigenvalue weighted by Gasteiger charge is 2.20. The Bertz CT molecular complexity index is 441. The molecule has 100 valence electrons. The highest BCUT2D eigenvalue weighted by Crippen LogP contribution is 2.20. The Morgan fingerprint density at radius 3 is 2.50 bits per heavy atom. The zero-order chi connectivity index (χ0) is 13.7. The normalized spacial score (nSPS) is 12.1. The first-order valence-corrected chi connectivity index (χ1v) is 5.27. The second-order valence-corrected chi connectivity index (χ2v) is 3.44. The van der Waals surface area contributed by atoms with Gasteiger partial charge in [-0.1, -0.05) is 0 Å². The molecule has 0 spiro atoms. The number of ether oxygens (including phenoxy) is 1. The Labute approximate surface area is 102 Å². The van der Waals surface area contributed by atoms with Gasteiger partial charge >= 0.3 is 6.09 Å². The number of alkyl carbamates (subject to hydrolysis) is 1. The highest BCUT2D eigenvalue weighted by molar-refractivity contribution is 5.67. The molecule has 0 aromatic heterocycles. The first-order valence-electron chi connectivity index (χ1n) is 5.27. The van der Waals surface area contributed by atoms with Crippen molar-refractivity contribution in [3.63, 3.8) is 0 Å². The maximum atomic E-state index is 13.4. The van der Waals surface area contributed by atoms with Gasteiger partial charge in [0.05, 0.1) is 12.6 Å². The molecule has 0 saturated carbocycles. The first-order chi connectivity index (χ1) is 8.49. The molecule has 3 N–H and O–H groups in total. The minimum absolute atomic E-state index is 0.128. The molecule has 1 unspecified atom stereocenters. The molecule has 4 nitrogen and oxygen atoms in total. The number of hydrogen-bond acceptors (Lipinski definition) is 3. The Balaban J connectivity index is 2.95. The van der Waals surface area contributed by atoms with Crippen molar-refractivity contribution in [3.05, 3.63) is 35.1 Å². The standard InChI is InChI=1S/C11H13F3N2O2/c1-2-18-11(17)16-10(5-15)6-3-8(13)9(14)4-7(6)12/h3-4,10H,2,5,15H2,1H3,(H,16,17). The summed E-state index contributed by atoms with van der Waals surface area (Å²) < 4.78 is 43.8. The van der Waals surface area contributed by atoms with Crippen LogP contribution in [0.1, 0.15) is 18.5 Å². The molecule has 1 rings (SSSR count). The summed E-state index contributed by atoms with van der Waals surface area (Å²) in [5.41, 5.74) is 5.12. The Hall–Kier alpha value is -1.76. The van der Waals surface area contributed by atoms with Gasteiger partial charge < -0.3 is 15.8 Å². The Morgan fingerprint density at radius 2 is 1.94 bits per heavy atom. The van der Waals surface area contributed by atoms with E-state index in [0.29, 0.717) is 12.1 Å². The van der Waals surface area contributed by atoms with Crippen molar-refractivity contribution >= 4 is 6.09 Å². The lowest BCUT2D eigenvalue weighted by molar-refractivity contribution is 0.148. The molecule has 1 aromatic carbocycles. The predicted molar refractivity (Wildman–Crippen MR) is 58.3 cm³/mol. The van der Waals surface area contributed by atoms with Crippen LogP contribution in [0.25, 0.3) is 0 Å². The lowest BCUT2D eigenvalue weighted by atomic mass is 10.1. The van der Waals surface area contributed by atoms with Crippen molar-refractivity contribution in [2.75, 3.05) is 13.2 Å². The van der Waals surface area contributed by atoms with Crippen molar-refractivity contribution in [2.45, 2.75) is 13.0 Å². The van der Waals surface area contributed by atoms with Crippen LogP contribution in [-0.4, -0.2) is 19.2 Å². The van der Waals surface area contributed by atoms with Gasteiger partial charge in [0.25, 0.3) is 0 Å². The van der Waals surface area contributed by atoms with Crippen LogP contribution in [-0.2, 0) is 4.74 Å². The summed E-state index contributed by atoms with van der Waals surface area (Å²) in [4.78, 5) is 11.2. The van der Waals surface area contributed by atoms with Gasteiger partial charge in [0.1, 0.15) is 5.82 Å². The third-order valence-electron chi connectivity index (χ3n) is 2.22. The van der Waals surface area contributed by atoms with Gasteiger partial charge in [0.2, 0.25) is 0 Å². The van der Waals surface area contributed by atoms with Crippen molar-refractivity contribution in [2.24, 2.45) is 5.73 Å². The monoisotopic (exact) mass is 262 g/mol. The SMILES string of the molecule is CCOC(=O)NC(CN)c1cc(F)c(F)cc1F. The van der Waals surface area contributed by atoms with E-state index in [1.165, 1.54) is 0 Å². The molecule has 0 bridgehead atoms. The van der Waals surface area contributed by atoms with Gasteiger partial charge in [-0.25, -0.2) is 18.0 Å². The summed E-state index contributed by atoms with van der Waals surface area (Å²) in [5.74, 6) is -3.50. The van der Waals surface area contributed by atoms with E-state index in [1.54, 1.807) is 6.92 Å². The van der Waals surface area contributed by atoms with Gasteiger partial charge in [-0.15, -0.1) is 0 Å². The molecule has 0 radical (unpaired) electrons. The van der Waals surface area contributed by atoms with Gasteiger partial charge in [-0.3, -0.25) is 0 Å². The summed E-state index contributed by atoms with van der Waals surface area (Å²) in [6, 6.07) is 0.0772. The van der Waals surface area contributed by atoms with Crippen LogP contribution in [0, 0.1) is 17.5 Å². The zero-order valence-corrected chi connectivity index (χ0v) is 9.67. The maximum Gasteiger partial charge on any atom is 0.407 e. The number of rotatable bonds is 4. The van der Waals surface area contributed by atoms with E-state index in [9.17, 15) is 18.0 Å². The molecule has 1 aromatic rings. The third kappa shape index (κ3) is 3.36. The van der Waals surface area contributed by atoms with Gasteiger partial charge in [0.15, 0.2) is 11.6 Å². The first kappa shape index (κ1) is 14.3. The molecule has 18 heavy (non-hydrogen) atoms. The fraction of sp³-hybridized carbons (Fsp3) is 0.364. The largest absolute Gasteiger partial charge is 0.450 e. The number of hydrogen-bond donors (Lipinski definition) is 2. The molecule has 0 heterocycles. The zero-order valence-electron chi connectivity index (χ0n) is 9.67. The summed E-state index contributed by atoms with van der Waals surface area (Å²) >= 11 is 0. The predicted octanol–water partition coefficient (Wildman–Crippen LogP) is 1.85. The Kier molecular flexibility index (Phi) is 4.96. The summed E-state index contributed by atoms with van der Waals surface area (Å²) in [7, 11) is 0. The number of benzene rings is 1. The fourth-order valence-corrected chi connectivity index (χ4v) is 1.38. The fourth-order valence-electron chi connectivity index (χ4n) is 1.38. The van der Waals surface area contributed by atoms with E-state index in [-0.39, 0.29) is 18.7 Å². The molecule has 0 fully saturated rings. The maximum absolute atomic E-state index is 13.4. The highest BCUT2D eigenvalue weighted by atomic mass is 19.2. The number of nitrogens with one attached hydrogen (secondary N) is 1. The molecular formula is C11H13F3N2O2. The van der Waals surface area contributed by atoms with Gasteiger partial charge in [-0.05, 0) is 13.0 Å². The second kappa shape index (κ2) is 6.25. The van der Waals surface area contributed by atoms with Crippen molar-refractivity contribution in [1.82, 2.24) is 5.32 Å². The van der Waals surface area contributed by atoms with Crippen LogP contribution in [0.15, 0.2) is 12.1 Å². The average molecular weight is 262 g/mol. The van der Waals surface area contributed by atoms with E-state index < -0.39 is 29.6 Å². The van der Waals surface area contributed by atoms with Crippen molar-refractivity contribution in [3.8, 4) is 0 Å². The smallest absolute Gasteiger partial charge is 0.407 e. The van der Waals surface area contributed by atoms with Crippen LogP contribution in [0.5, 0.6) is 0 Å². The number of amides is 1. The molecule has 0 aliphatic rings.